The van der Waals surface area contributed by atoms with Crippen molar-refractivity contribution >= 4 is 5.91 Å². The lowest BCUT2D eigenvalue weighted by Crippen LogP contribution is -2.42. The molecule has 3 rings (SSSR count). The number of halogens is 6. The van der Waals surface area contributed by atoms with Crippen LogP contribution in [0.1, 0.15) is 45.5 Å². The van der Waals surface area contributed by atoms with Crippen molar-refractivity contribution in [2.24, 2.45) is 5.73 Å². The van der Waals surface area contributed by atoms with Gasteiger partial charge in [-0.15, -0.1) is 0 Å². The van der Waals surface area contributed by atoms with Crippen LogP contribution in [-0.4, -0.2) is 29.9 Å². The van der Waals surface area contributed by atoms with Crippen molar-refractivity contribution in [2.45, 2.75) is 37.7 Å². The van der Waals surface area contributed by atoms with Gasteiger partial charge in [0.1, 0.15) is 0 Å². The third kappa shape index (κ3) is 5.33. The summed E-state index contributed by atoms with van der Waals surface area (Å²) in [6, 6.07) is 7.77. The fraction of sp³-hybridized carbons (Fsp3) is 0.381. The average Bonchev–Trinajstić information content (AvgIpc) is 2.66. The van der Waals surface area contributed by atoms with Gasteiger partial charge in [-0.3, -0.25) is 4.79 Å². The highest BCUT2D eigenvalue weighted by molar-refractivity contribution is 5.94. The third-order valence-corrected chi connectivity index (χ3v) is 5.06. The number of rotatable bonds is 3. The summed E-state index contributed by atoms with van der Waals surface area (Å²) in [5.41, 5.74) is 3.77. The zero-order chi connectivity index (χ0) is 22.1. The zero-order valence-electron chi connectivity index (χ0n) is 15.9. The Morgan fingerprint density at radius 3 is 2.00 bits per heavy atom. The Bertz CT molecular complexity index is 882. The van der Waals surface area contributed by atoms with Gasteiger partial charge in [-0.2, -0.15) is 26.3 Å². The SMILES string of the molecule is NC1CCN(C(=O)c2cccc(Cc3cc(C(F)(F)F)cc(C(F)(F)F)c3)c2)CC1. The number of carbonyl (C=O) groups is 1. The smallest absolute Gasteiger partial charge is 0.339 e. The number of amides is 1. The molecule has 1 aliphatic rings. The molecule has 9 heteroatoms. The highest BCUT2D eigenvalue weighted by Gasteiger charge is 2.36. The minimum Gasteiger partial charge on any atom is -0.339 e. The molecule has 1 aliphatic heterocycles. The molecule has 1 heterocycles. The van der Waals surface area contributed by atoms with Crippen LogP contribution in [0.25, 0.3) is 0 Å². The van der Waals surface area contributed by atoms with Gasteiger partial charge in [-0.1, -0.05) is 12.1 Å². The largest absolute Gasteiger partial charge is 0.416 e. The summed E-state index contributed by atoms with van der Waals surface area (Å²) in [7, 11) is 0. The number of hydrogen-bond donors (Lipinski definition) is 1. The predicted molar refractivity (Wildman–Crippen MR) is 98.8 cm³/mol. The quantitative estimate of drug-likeness (QED) is 0.706. The fourth-order valence-corrected chi connectivity index (χ4v) is 3.46. The van der Waals surface area contributed by atoms with Crippen LogP contribution in [-0.2, 0) is 18.8 Å². The van der Waals surface area contributed by atoms with Crippen LogP contribution in [0.2, 0.25) is 0 Å². The summed E-state index contributed by atoms with van der Waals surface area (Å²) in [6.45, 7) is 1.01. The highest BCUT2D eigenvalue weighted by atomic mass is 19.4. The minimum absolute atomic E-state index is 0.0455. The molecule has 2 aromatic carbocycles. The molecule has 0 radical (unpaired) electrons. The van der Waals surface area contributed by atoms with E-state index in [2.05, 4.69) is 0 Å². The third-order valence-electron chi connectivity index (χ3n) is 5.06. The number of nitrogens with two attached hydrogens (primary N) is 1. The molecule has 0 aliphatic carbocycles. The van der Waals surface area contributed by atoms with Crippen LogP contribution in [0.4, 0.5) is 26.3 Å². The van der Waals surface area contributed by atoms with E-state index in [0.29, 0.717) is 49.2 Å². The molecule has 0 unspecified atom stereocenters. The van der Waals surface area contributed by atoms with Crippen LogP contribution in [0.15, 0.2) is 42.5 Å². The van der Waals surface area contributed by atoms with Crippen molar-refractivity contribution in [2.75, 3.05) is 13.1 Å². The molecular formula is C21H20F6N2O. The summed E-state index contributed by atoms with van der Waals surface area (Å²) in [5, 5.41) is 0. The number of carbonyl (C=O) groups excluding carboxylic acids is 1. The molecule has 1 saturated heterocycles. The van der Waals surface area contributed by atoms with Crippen LogP contribution < -0.4 is 5.73 Å². The van der Waals surface area contributed by atoms with Crippen molar-refractivity contribution < 1.29 is 31.1 Å². The van der Waals surface area contributed by atoms with E-state index >= 15 is 0 Å². The fourth-order valence-electron chi connectivity index (χ4n) is 3.46. The Morgan fingerprint density at radius 1 is 0.900 bits per heavy atom. The van der Waals surface area contributed by atoms with E-state index in [0.717, 1.165) is 0 Å². The number of benzene rings is 2. The number of likely N-dealkylation sites (tertiary alicyclic amines) is 1. The summed E-state index contributed by atoms with van der Waals surface area (Å²) in [4.78, 5) is 14.3. The van der Waals surface area contributed by atoms with Gasteiger partial charge in [-0.05, 0) is 60.7 Å². The summed E-state index contributed by atoms with van der Waals surface area (Å²) >= 11 is 0. The average molecular weight is 430 g/mol. The van der Waals surface area contributed by atoms with Crippen molar-refractivity contribution in [3.05, 3.63) is 70.3 Å². The van der Waals surface area contributed by atoms with Crippen LogP contribution in [0, 0.1) is 0 Å². The first-order valence-electron chi connectivity index (χ1n) is 9.35. The van der Waals surface area contributed by atoms with Crippen LogP contribution >= 0.6 is 0 Å². The van der Waals surface area contributed by atoms with E-state index in [1.54, 1.807) is 23.1 Å². The van der Waals surface area contributed by atoms with Gasteiger partial charge >= 0.3 is 12.4 Å². The number of nitrogens with zero attached hydrogens (tertiary/aromatic N) is 1. The monoisotopic (exact) mass is 430 g/mol. The maximum absolute atomic E-state index is 13.1. The standard InChI is InChI=1S/C21H20F6N2O/c22-20(23,24)16-10-14(11-17(12-16)21(25,26)27)8-13-2-1-3-15(9-13)19(30)29-6-4-18(28)5-7-29/h1-3,9-12,18H,4-8,28H2. The number of alkyl halides is 6. The van der Waals surface area contributed by atoms with Gasteiger partial charge in [0.25, 0.3) is 5.91 Å². The molecule has 1 amide bonds. The lowest BCUT2D eigenvalue weighted by atomic mass is 9.97. The van der Waals surface area contributed by atoms with Crippen molar-refractivity contribution in [1.82, 2.24) is 4.90 Å². The molecule has 162 valence electrons. The number of hydrogen-bond acceptors (Lipinski definition) is 2. The van der Waals surface area contributed by atoms with Crippen molar-refractivity contribution in [3.63, 3.8) is 0 Å². The van der Waals surface area contributed by atoms with Gasteiger partial charge in [-0.25, -0.2) is 0 Å². The van der Waals surface area contributed by atoms with E-state index in [1.165, 1.54) is 6.07 Å². The van der Waals surface area contributed by atoms with E-state index in [4.69, 9.17) is 5.73 Å². The molecule has 0 aromatic heterocycles. The summed E-state index contributed by atoms with van der Waals surface area (Å²) < 4.78 is 78.3. The Morgan fingerprint density at radius 2 is 1.47 bits per heavy atom. The molecule has 0 atom stereocenters. The molecule has 2 aromatic rings. The molecule has 3 nitrogen and oxygen atoms in total. The Hall–Kier alpha value is -2.55. The van der Waals surface area contributed by atoms with E-state index in [1.807, 2.05) is 0 Å². The van der Waals surface area contributed by atoms with Gasteiger partial charge in [0.15, 0.2) is 0 Å². The molecular weight excluding hydrogens is 410 g/mol. The molecule has 1 fully saturated rings. The lowest BCUT2D eigenvalue weighted by molar-refractivity contribution is -0.143. The predicted octanol–water partition coefficient (Wildman–Crippen LogP) is 4.88. The molecule has 0 saturated carbocycles. The van der Waals surface area contributed by atoms with E-state index in [-0.39, 0.29) is 30.0 Å². The lowest BCUT2D eigenvalue weighted by Gasteiger charge is -2.30. The maximum atomic E-state index is 13.1. The molecule has 0 bridgehead atoms. The molecule has 2 N–H and O–H groups in total. The summed E-state index contributed by atoms with van der Waals surface area (Å²) in [5.74, 6) is -0.233. The van der Waals surface area contributed by atoms with Crippen molar-refractivity contribution in [3.8, 4) is 0 Å². The van der Waals surface area contributed by atoms with Crippen LogP contribution in [0.5, 0.6) is 0 Å². The highest BCUT2D eigenvalue weighted by Crippen LogP contribution is 2.36. The second-order valence-corrected chi connectivity index (χ2v) is 7.42. The first-order valence-corrected chi connectivity index (χ1v) is 9.35. The van der Waals surface area contributed by atoms with Gasteiger partial charge < -0.3 is 10.6 Å². The summed E-state index contributed by atoms with van der Waals surface area (Å²) in [6.07, 6.45) is -8.61. The molecule has 0 spiro atoms. The topological polar surface area (TPSA) is 46.3 Å². The Labute approximate surface area is 169 Å². The van der Waals surface area contributed by atoms with Crippen LogP contribution in [0.3, 0.4) is 0 Å². The Kier molecular flexibility index (Phi) is 6.12. The zero-order valence-corrected chi connectivity index (χ0v) is 15.9. The van der Waals surface area contributed by atoms with E-state index < -0.39 is 23.5 Å². The van der Waals surface area contributed by atoms with Crippen molar-refractivity contribution in [1.29, 1.82) is 0 Å². The first-order chi connectivity index (χ1) is 13.9. The number of piperidine rings is 1. The minimum atomic E-state index is -4.90. The van der Waals surface area contributed by atoms with Gasteiger partial charge in [0.05, 0.1) is 11.1 Å². The second kappa shape index (κ2) is 8.29. The maximum Gasteiger partial charge on any atom is 0.416 e. The second-order valence-electron chi connectivity index (χ2n) is 7.42. The normalized spacial score (nSPS) is 16.0. The Balaban J connectivity index is 1.86. The first kappa shape index (κ1) is 22.1. The molecule has 30 heavy (non-hydrogen) atoms. The van der Waals surface area contributed by atoms with Gasteiger partial charge in [0.2, 0.25) is 0 Å². The van der Waals surface area contributed by atoms with Gasteiger partial charge in [0, 0.05) is 24.7 Å². The van der Waals surface area contributed by atoms with E-state index in [9.17, 15) is 31.1 Å².